The lowest BCUT2D eigenvalue weighted by Gasteiger charge is -2.19. The zero-order valence-electron chi connectivity index (χ0n) is 6.41. The van der Waals surface area contributed by atoms with Crippen molar-refractivity contribution < 1.29 is 4.79 Å². The van der Waals surface area contributed by atoms with Crippen LogP contribution in [0.25, 0.3) is 0 Å². The molecule has 0 bridgehead atoms. The maximum Gasteiger partial charge on any atom is 0.242 e. The zero-order valence-corrected chi connectivity index (χ0v) is 7.92. The summed E-state index contributed by atoms with van der Waals surface area (Å²) in [5, 5.41) is -0.374. The first kappa shape index (κ1) is 9.34. The highest BCUT2D eigenvalue weighted by molar-refractivity contribution is 6.70. The van der Waals surface area contributed by atoms with E-state index in [1.54, 1.807) is 0 Å². The van der Waals surface area contributed by atoms with Gasteiger partial charge in [0.1, 0.15) is 4.87 Å². The van der Waals surface area contributed by atoms with Gasteiger partial charge in [0, 0.05) is 0 Å². The zero-order chi connectivity index (χ0) is 8.32. The van der Waals surface area contributed by atoms with Gasteiger partial charge in [0.05, 0.1) is 0 Å². The molecule has 0 spiro atoms. The van der Waals surface area contributed by atoms with Crippen molar-refractivity contribution in [1.29, 1.82) is 0 Å². The van der Waals surface area contributed by atoms with Crippen LogP contribution in [-0.4, -0.2) is 10.1 Å². The molecule has 0 aromatic carbocycles. The molecule has 0 heterocycles. The van der Waals surface area contributed by atoms with E-state index in [1.165, 1.54) is 12.8 Å². The summed E-state index contributed by atoms with van der Waals surface area (Å²) in [6, 6.07) is 0. The SMILES string of the molecule is O=C(Cl)C1(Cl)CCCCCC1. The van der Waals surface area contributed by atoms with Gasteiger partial charge in [-0.15, -0.1) is 11.6 Å². The van der Waals surface area contributed by atoms with Crippen molar-refractivity contribution in [2.75, 3.05) is 0 Å². The molecule has 1 fully saturated rings. The first-order chi connectivity index (χ1) is 5.15. The molecule has 1 aliphatic rings. The van der Waals surface area contributed by atoms with E-state index < -0.39 is 4.87 Å². The molecule has 0 aromatic rings. The quantitative estimate of drug-likeness (QED) is 0.357. The van der Waals surface area contributed by atoms with Crippen LogP contribution in [0, 0.1) is 0 Å². The summed E-state index contributed by atoms with van der Waals surface area (Å²) in [5.41, 5.74) is 0. The van der Waals surface area contributed by atoms with Crippen LogP contribution in [0.5, 0.6) is 0 Å². The molecule has 0 aliphatic heterocycles. The van der Waals surface area contributed by atoms with Crippen molar-refractivity contribution >= 4 is 28.4 Å². The van der Waals surface area contributed by atoms with E-state index in [1.807, 2.05) is 0 Å². The van der Waals surface area contributed by atoms with Gasteiger partial charge in [-0.25, -0.2) is 0 Å². The second kappa shape index (κ2) is 3.77. The van der Waals surface area contributed by atoms with Gasteiger partial charge >= 0.3 is 0 Å². The third-order valence-electron chi connectivity index (χ3n) is 2.25. The van der Waals surface area contributed by atoms with E-state index >= 15 is 0 Å². The maximum atomic E-state index is 10.9. The topological polar surface area (TPSA) is 17.1 Å². The number of carbonyl (C=O) groups excluding carboxylic acids is 1. The van der Waals surface area contributed by atoms with Gasteiger partial charge in [0.2, 0.25) is 5.24 Å². The van der Waals surface area contributed by atoms with Crippen LogP contribution in [0.1, 0.15) is 38.5 Å². The first-order valence-corrected chi connectivity index (χ1v) is 4.80. The Kier molecular flexibility index (Phi) is 3.20. The van der Waals surface area contributed by atoms with Crippen molar-refractivity contribution in [1.82, 2.24) is 0 Å². The minimum Gasteiger partial charge on any atom is -0.279 e. The van der Waals surface area contributed by atoms with Crippen molar-refractivity contribution in [2.45, 2.75) is 43.4 Å². The van der Waals surface area contributed by atoms with Gasteiger partial charge < -0.3 is 0 Å². The average Bonchev–Trinajstić information content (AvgIpc) is 2.15. The van der Waals surface area contributed by atoms with Crippen LogP contribution >= 0.6 is 23.2 Å². The van der Waals surface area contributed by atoms with Crippen LogP contribution in [-0.2, 0) is 4.79 Å². The monoisotopic (exact) mass is 194 g/mol. The predicted molar refractivity (Wildman–Crippen MR) is 47.1 cm³/mol. The minimum absolute atomic E-state index is 0.374. The van der Waals surface area contributed by atoms with Gasteiger partial charge in [-0.2, -0.15) is 0 Å². The summed E-state index contributed by atoms with van der Waals surface area (Å²) in [4.78, 5) is 10.2. The second-order valence-corrected chi connectivity index (χ2v) is 4.22. The number of alkyl halides is 1. The van der Waals surface area contributed by atoms with Crippen molar-refractivity contribution in [3.05, 3.63) is 0 Å². The third kappa shape index (κ3) is 2.34. The Labute approximate surface area is 77.1 Å². The highest BCUT2D eigenvalue weighted by atomic mass is 35.5. The molecule has 3 heteroatoms. The highest BCUT2D eigenvalue weighted by Gasteiger charge is 2.34. The number of rotatable bonds is 1. The Morgan fingerprint density at radius 1 is 1.09 bits per heavy atom. The maximum absolute atomic E-state index is 10.9. The summed E-state index contributed by atoms with van der Waals surface area (Å²) in [6.07, 6.45) is 5.91. The molecule has 1 rings (SSSR count). The summed E-state index contributed by atoms with van der Waals surface area (Å²) in [5.74, 6) is 0. The van der Waals surface area contributed by atoms with E-state index in [-0.39, 0.29) is 5.24 Å². The first-order valence-electron chi connectivity index (χ1n) is 4.04. The molecule has 0 saturated heterocycles. The van der Waals surface area contributed by atoms with Crippen LogP contribution in [0.2, 0.25) is 0 Å². The lowest BCUT2D eigenvalue weighted by Crippen LogP contribution is -2.27. The van der Waals surface area contributed by atoms with Gasteiger partial charge in [-0.05, 0) is 24.4 Å². The second-order valence-electron chi connectivity index (χ2n) is 3.15. The number of halogens is 2. The van der Waals surface area contributed by atoms with E-state index in [4.69, 9.17) is 23.2 Å². The van der Waals surface area contributed by atoms with Gasteiger partial charge in [0.25, 0.3) is 0 Å². The molecular formula is C8H12Cl2O. The summed E-state index contributed by atoms with van der Waals surface area (Å²) in [7, 11) is 0. The smallest absolute Gasteiger partial charge is 0.242 e. The van der Waals surface area contributed by atoms with E-state index in [0.29, 0.717) is 0 Å². The molecular weight excluding hydrogens is 183 g/mol. The normalized spacial score (nSPS) is 24.2. The van der Waals surface area contributed by atoms with Crippen molar-refractivity contribution in [2.24, 2.45) is 0 Å². The predicted octanol–water partition coefficient (Wildman–Crippen LogP) is 3.08. The molecule has 0 amide bonds. The fourth-order valence-corrected chi connectivity index (χ4v) is 1.94. The molecule has 1 saturated carbocycles. The van der Waals surface area contributed by atoms with E-state index in [2.05, 4.69) is 0 Å². The molecule has 11 heavy (non-hydrogen) atoms. The molecule has 0 aromatic heterocycles. The molecule has 0 atom stereocenters. The fourth-order valence-electron chi connectivity index (χ4n) is 1.49. The van der Waals surface area contributed by atoms with Gasteiger partial charge in [-0.1, -0.05) is 25.7 Å². The Hall–Kier alpha value is 0.250. The van der Waals surface area contributed by atoms with E-state index in [9.17, 15) is 4.79 Å². The molecule has 0 radical (unpaired) electrons. The summed E-state index contributed by atoms with van der Waals surface area (Å²) >= 11 is 11.4. The van der Waals surface area contributed by atoms with Crippen LogP contribution < -0.4 is 0 Å². The third-order valence-corrected chi connectivity index (χ3v) is 3.26. The minimum atomic E-state index is -0.738. The molecule has 64 valence electrons. The Bertz CT molecular complexity index is 148. The standard InChI is InChI=1S/C8H12Cl2O/c9-7(11)8(10)5-3-1-2-4-6-8/h1-6H2. The van der Waals surface area contributed by atoms with Crippen LogP contribution in [0.3, 0.4) is 0 Å². The Balaban J connectivity index is 2.59. The Morgan fingerprint density at radius 2 is 1.55 bits per heavy atom. The number of hydrogen-bond donors (Lipinski definition) is 0. The number of carbonyl (C=O) groups is 1. The summed E-state index contributed by atoms with van der Waals surface area (Å²) in [6.45, 7) is 0. The lowest BCUT2D eigenvalue weighted by atomic mass is 10.0. The van der Waals surface area contributed by atoms with Crippen molar-refractivity contribution in [3.8, 4) is 0 Å². The lowest BCUT2D eigenvalue weighted by molar-refractivity contribution is -0.114. The van der Waals surface area contributed by atoms with Gasteiger partial charge in [0.15, 0.2) is 0 Å². The van der Waals surface area contributed by atoms with E-state index in [0.717, 1.165) is 25.7 Å². The van der Waals surface area contributed by atoms with Crippen molar-refractivity contribution in [3.63, 3.8) is 0 Å². The number of hydrogen-bond acceptors (Lipinski definition) is 1. The average molecular weight is 195 g/mol. The Morgan fingerprint density at radius 3 is 1.91 bits per heavy atom. The molecule has 0 unspecified atom stereocenters. The van der Waals surface area contributed by atoms with Crippen LogP contribution in [0.15, 0.2) is 0 Å². The molecule has 1 aliphatic carbocycles. The fraction of sp³-hybridized carbons (Fsp3) is 0.875. The largest absolute Gasteiger partial charge is 0.279 e. The summed E-state index contributed by atoms with van der Waals surface area (Å²) < 4.78 is 0. The van der Waals surface area contributed by atoms with Crippen LogP contribution in [0.4, 0.5) is 0 Å². The molecule has 0 N–H and O–H groups in total. The molecule has 1 nitrogen and oxygen atoms in total. The van der Waals surface area contributed by atoms with Gasteiger partial charge in [-0.3, -0.25) is 4.79 Å². The highest BCUT2D eigenvalue weighted by Crippen LogP contribution is 2.34.